The van der Waals surface area contributed by atoms with Crippen molar-refractivity contribution in [3.05, 3.63) is 11.9 Å². The molecule has 0 unspecified atom stereocenters. The molecule has 0 aliphatic carbocycles. The molecule has 2 heterocycles. The van der Waals surface area contributed by atoms with Crippen molar-refractivity contribution in [2.45, 2.75) is 29.1 Å². The van der Waals surface area contributed by atoms with Crippen LogP contribution in [0, 0.1) is 0 Å². The van der Waals surface area contributed by atoms with Crippen LogP contribution < -0.4 is 10.2 Å². The lowest BCUT2D eigenvalue weighted by atomic mass is 10.2. The number of nitrogens with zero attached hydrogens (tertiary/aromatic N) is 5. The van der Waals surface area contributed by atoms with Crippen molar-refractivity contribution in [1.29, 1.82) is 0 Å². The van der Waals surface area contributed by atoms with Crippen LogP contribution in [0.25, 0.3) is 0 Å². The highest BCUT2D eigenvalue weighted by molar-refractivity contribution is 8.01. The van der Waals surface area contributed by atoms with Gasteiger partial charge in [0.2, 0.25) is 5.13 Å². The van der Waals surface area contributed by atoms with Gasteiger partial charge in [-0.25, -0.2) is 9.97 Å². The molecule has 0 aromatic carbocycles. The van der Waals surface area contributed by atoms with Crippen molar-refractivity contribution >= 4 is 34.0 Å². The van der Waals surface area contributed by atoms with Crippen molar-refractivity contribution < 1.29 is 0 Å². The first-order valence-electron chi connectivity index (χ1n) is 6.36. The summed E-state index contributed by atoms with van der Waals surface area (Å²) >= 11 is 3.11. The Labute approximate surface area is 127 Å². The van der Waals surface area contributed by atoms with Gasteiger partial charge in [0, 0.05) is 26.7 Å². The van der Waals surface area contributed by atoms with Crippen molar-refractivity contribution in [3.63, 3.8) is 0 Å². The summed E-state index contributed by atoms with van der Waals surface area (Å²) in [5.74, 6) is 0.890. The molecule has 0 atom stereocenters. The zero-order valence-corrected chi connectivity index (χ0v) is 13.7. The van der Waals surface area contributed by atoms with E-state index in [1.807, 2.05) is 26.0 Å². The third-order valence-electron chi connectivity index (χ3n) is 2.60. The van der Waals surface area contributed by atoms with Gasteiger partial charge in [0.1, 0.15) is 17.2 Å². The van der Waals surface area contributed by atoms with Gasteiger partial charge < -0.3 is 10.2 Å². The molecule has 8 heteroatoms. The number of anilines is 2. The summed E-state index contributed by atoms with van der Waals surface area (Å²) in [5, 5.41) is 13.3. The van der Waals surface area contributed by atoms with Gasteiger partial charge in [0.25, 0.3) is 0 Å². The Morgan fingerprint density at radius 1 is 1.30 bits per heavy atom. The molecule has 2 rings (SSSR count). The van der Waals surface area contributed by atoms with Crippen LogP contribution in [-0.2, 0) is 6.42 Å². The molecule has 0 fully saturated rings. The Kier molecular flexibility index (Phi) is 5.13. The number of hydrogen-bond donors (Lipinski definition) is 1. The van der Waals surface area contributed by atoms with E-state index in [0.29, 0.717) is 0 Å². The van der Waals surface area contributed by atoms with Gasteiger partial charge in [0.15, 0.2) is 4.34 Å². The first-order valence-corrected chi connectivity index (χ1v) is 7.99. The fourth-order valence-electron chi connectivity index (χ4n) is 1.68. The van der Waals surface area contributed by atoms with Gasteiger partial charge in [-0.2, -0.15) is 0 Å². The minimum atomic E-state index is 0.890. The van der Waals surface area contributed by atoms with Gasteiger partial charge in [-0.05, 0) is 18.2 Å². The standard InChI is InChI=1S/C12H18N6S2/c1-5-6-8-9(13-2)14-7-15-10(8)19-12-17-16-11(20-12)18(3)4/h7H,5-6H2,1-4H3,(H,13,14,15). The summed E-state index contributed by atoms with van der Waals surface area (Å²) in [7, 11) is 5.80. The lowest BCUT2D eigenvalue weighted by Crippen LogP contribution is -2.07. The molecule has 0 spiro atoms. The summed E-state index contributed by atoms with van der Waals surface area (Å²) in [6.07, 6.45) is 3.58. The van der Waals surface area contributed by atoms with E-state index in [1.54, 1.807) is 29.4 Å². The van der Waals surface area contributed by atoms with Gasteiger partial charge in [-0.1, -0.05) is 24.7 Å². The highest BCUT2D eigenvalue weighted by Crippen LogP contribution is 2.35. The number of aromatic nitrogens is 4. The Balaban J connectivity index is 2.27. The zero-order valence-electron chi connectivity index (χ0n) is 12.0. The second-order valence-corrected chi connectivity index (χ2v) is 6.54. The highest BCUT2D eigenvalue weighted by atomic mass is 32.2. The molecule has 6 nitrogen and oxygen atoms in total. The Morgan fingerprint density at radius 3 is 2.70 bits per heavy atom. The van der Waals surface area contributed by atoms with Crippen molar-refractivity contribution in [1.82, 2.24) is 20.2 Å². The van der Waals surface area contributed by atoms with E-state index in [4.69, 9.17) is 0 Å². The van der Waals surface area contributed by atoms with Crippen LogP contribution in [0.5, 0.6) is 0 Å². The van der Waals surface area contributed by atoms with Crippen molar-refractivity contribution in [2.24, 2.45) is 0 Å². The molecular weight excluding hydrogens is 292 g/mol. The monoisotopic (exact) mass is 310 g/mol. The summed E-state index contributed by atoms with van der Waals surface area (Å²) in [6.45, 7) is 2.15. The molecule has 1 N–H and O–H groups in total. The minimum Gasteiger partial charge on any atom is -0.373 e. The summed E-state index contributed by atoms with van der Waals surface area (Å²) in [4.78, 5) is 10.6. The molecule has 0 aliphatic rings. The average molecular weight is 310 g/mol. The molecular formula is C12H18N6S2. The zero-order chi connectivity index (χ0) is 14.5. The Morgan fingerprint density at radius 2 is 2.10 bits per heavy atom. The summed E-state index contributed by atoms with van der Waals surface area (Å²) < 4.78 is 0.895. The predicted molar refractivity (Wildman–Crippen MR) is 83.9 cm³/mol. The van der Waals surface area contributed by atoms with Crippen LogP contribution in [0.4, 0.5) is 10.9 Å². The molecule has 2 aromatic heterocycles. The first-order chi connectivity index (χ1) is 9.65. The molecule has 0 bridgehead atoms. The van der Waals surface area contributed by atoms with Crippen LogP contribution in [0.1, 0.15) is 18.9 Å². The Bertz CT molecular complexity index is 569. The van der Waals surface area contributed by atoms with E-state index in [-0.39, 0.29) is 0 Å². The highest BCUT2D eigenvalue weighted by Gasteiger charge is 2.14. The maximum absolute atomic E-state index is 4.39. The largest absolute Gasteiger partial charge is 0.373 e. The third kappa shape index (κ3) is 3.37. The van der Waals surface area contributed by atoms with Crippen LogP contribution in [0.3, 0.4) is 0 Å². The molecule has 20 heavy (non-hydrogen) atoms. The average Bonchev–Trinajstić information content (AvgIpc) is 2.89. The Hall–Kier alpha value is -1.41. The molecule has 108 valence electrons. The van der Waals surface area contributed by atoms with Crippen LogP contribution in [0.15, 0.2) is 15.7 Å². The lowest BCUT2D eigenvalue weighted by Gasteiger charge is -2.10. The smallest absolute Gasteiger partial charge is 0.208 e. The van der Waals surface area contributed by atoms with E-state index in [0.717, 1.165) is 38.7 Å². The minimum absolute atomic E-state index is 0.890. The molecule has 0 aliphatic heterocycles. The van der Waals surface area contributed by atoms with Crippen LogP contribution >= 0.6 is 23.1 Å². The molecule has 2 aromatic rings. The van der Waals surface area contributed by atoms with Gasteiger partial charge in [-0.3, -0.25) is 0 Å². The quantitative estimate of drug-likeness (QED) is 0.822. The third-order valence-corrected chi connectivity index (χ3v) is 4.79. The maximum atomic E-state index is 4.39. The van der Waals surface area contributed by atoms with Crippen LogP contribution in [-0.4, -0.2) is 41.3 Å². The maximum Gasteiger partial charge on any atom is 0.208 e. The summed E-state index contributed by atoms with van der Waals surface area (Å²) in [5.41, 5.74) is 1.14. The second kappa shape index (κ2) is 6.85. The molecule has 0 radical (unpaired) electrons. The van der Waals surface area contributed by atoms with Gasteiger partial charge >= 0.3 is 0 Å². The first kappa shape index (κ1) is 15.0. The van der Waals surface area contributed by atoms with E-state index in [2.05, 4.69) is 32.4 Å². The molecule has 0 saturated heterocycles. The predicted octanol–water partition coefficient (Wildman–Crippen LogP) is 2.54. The van der Waals surface area contributed by atoms with Crippen molar-refractivity contribution in [3.8, 4) is 0 Å². The van der Waals surface area contributed by atoms with E-state index >= 15 is 0 Å². The van der Waals surface area contributed by atoms with Crippen molar-refractivity contribution in [2.75, 3.05) is 31.4 Å². The number of hydrogen-bond acceptors (Lipinski definition) is 8. The lowest BCUT2D eigenvalue weighted by molar-refractivity contribution is 0.857. The van der Waals surface area contributed by atoms with E-state index < -0.39 is 0 Å². The molecule has 0 amide bonds. The van der Waals surface area contributed by atoms with E-state index in [1.165, 1.54) is 0 Å². The SMILES string of the molecule is CCCc1c(NC)ncnc1Sc1nnc(N(C)C)s1. The van der Waals surface area contributed by atoms with Gasteiger partial charge in [-0.15, -0.1) is 10.2 Å². The summed E-state index contributed by atoms with van der Waals surface area (Å²) in [6, 6.07) is 0. The fraction of sp³-hybridized carbons (Fsp3) is 0.500. The second-order valence-electron chi connectivity index (χ2n) is 4.35. The normalized spacial score (nSPS) is 10.6. The topological polar surface area (TPSA) is 66.8 Å². The fourth-order valence-corrected chi connectivity index (χ4v) is 3.48. The van der Waals surface area contributed by atoms with Gasteiger partial charge in [0.05, 0.1) is 0 Å². The van der Waals surface area contributed by atoms with Crippen LogP contribution in [0.2, 0.25) is 0 Å². The molecule has 0 saturated carbocycles. The number of rotatable bonds is 6. The van der Waals surface area contributed by atoms with E-state index in [9.17, 15) is 0 Å². The number of nitrogens with one attached hydrogen (secondary N) is 1.